The molecule has 1 amide bonds. The van der Waals surface area contributed by atoms with Crippen LogP contribution in [0, 0.1) is 6.92 Å². The molecule has 0 aliphatic rings. The van der Waals surface area contributed by atoms with Crippen molar-refractivity contribution in [3.8, 4) is 0 Å². The van der Waals surface area contributed by atoms with Crippen LogP contribution in [0.4, 0.5) is 11.4 Å². The van der Waals surface area contributed by atoms with Gasteiger partial charge in [-0.25, -0.2) is 4.79 Å². The molecule has 0 unspecified atom stereocenters. The molecule has 6 heteroatoms. The maximum absolute atomic E-state index is 12.5. The topological polar surface area (TPSA) is 96.8 Å². The fourth-order valence-corrected chi connectivity index (χ4v) is 2.07. The van der Waals surface area contributed by atoms with E-state index < -0.39 is 5.97 Å². The van der Waals surface area contributed by atoms with Gasteiger partial charge in [-0.3, -0.25) is 4.79 Å². The number of nitrogens with zero attached hydrogens (tertiary/aromatic N) is 1. The van der Waals surface area contributed by atoms with Crippen molar-refractivity contribution in [2.24, 2.45) is 0 Å². The Bertz CT molecular complexity index is 691. The molecule has 2 rings (SSSR count). The molecular weight excluding hydrogens is 272 g/mol. The highest BCUT2D eigenvalue weighted by atomic mass is 16.4. The van der Waals surface area contributed by atoms with E-state index in [1.165, 1.54) is 29.4 Å². The largest absolute Gasteiger partial charge is 0.478 e. The van der Waals surface area contributed by atoms with Crippen LogP contribution in [0.5, 0.6) is 0 Å². The predicted molar refractivity (Wildman–Crippen MR) is 78.6 cm³/mol. The number of aryl methyl sites for hydroxylation is 1. The van der Waals surface area contributed by atoms with Crippen LogP contribution in [0.25, 0.3) is 0 Å². The van der Waals surface area contributed by atoms with Crippen LogP contribution in [0.2, 0.25) is 0 Å². The van der Waals surface area contributed by atoms with E-state index in [-0.39, 0.29) is 22.9 Å². The molecule has 21 heavy (non-hydrogen) atoms. The lowest BCUT2D eigenvalue weighted by Gasteiger charge is -2.22. The van der Waals surface area contributed by atoms with Gasteiger partial charge in [-0.2, -0.15) is 0 Å². The SMILES string of the molecule is CCN(C(=O)c1occc1C)c1ccc(C(=O)O)cc1N. The van der Waals surface area contributed by atoms with Gasteiger partial charge in [-0.15, -0.1) is 0 Å². The molecule has 6 nitrogen and oxygen atoms in total. The number of rotatable bonds is 4. The van der Waals surface area contributed by atoms with E-state index in [1.807, 2.05) is 0 Å². The van der Waals surface area contributed by atoms with Crippen LogP contribution >= 0.6 is 0 Å². The highest BCUT2D eigenvalue weighted by molar-refractivity contribution is 6.07. The standard InChI is InChI=1S/C15H16N2O4/c1-3-17(14(18)13-9(2)6-7-21-13)12-5-4-10(15(19)20)8-11(12)16/h4-8H,3,16H2,1-2H3,(H,19,20). The fraction of sp³-hybridized carbons (Fsp3) is 0.200. The van der Waals surface area contributed by atoms with Crippen molar-refractivity contribution < 1.29 is 19.1 Å². The number of aromatic carboxylic acids is 1. The molecule has 0 radical (unpaired) electrons. The number of nitrogen functional groups attached to an aromatic ring is 1. The van der Waals surface area contributed by atoms with Crippen molar-refractivity contribution in [1.29, 1.82) is 0 Å². The summed E-state index contributed by atoms with van der Waals surface area (Å²) in [6, 6.07) is 5.98. The Morgan fingerprint density at radius 3 is 2.52 bits per heavy atom. The normalized spacial score (nSPS) is 10.4. The number of amides is 1. The summed E-state index contributed by atoms with van der Waals surface area (Å²) in [5.74, 6) is -1.13. The molecule has 1 heterocycles. The van der Waals surface area contributed by atoms with Crippen molar-refractivity contribution >= 4 is 23.3 Å². The number of hydrogen-bond acceptors (Lipinski definition) is 4. The summed E-state index contributed by atoms with van der Waals surface area (Å²) < 4.78 is 5.21. The molecule has 1 aromatic carbocycles. The van der Waals surface area contributed by atoms with Gasteiger partial charge in [-0.05, 0) is 38.1 Å². The Labute approximate surface area is 121 Å². The number of furan rings is 1. The lowest BCUT2D eigenvalue weighted by Crippen LogP contribution is -2.31. The van der Waals surface area contributed by atoms with Gasteiger partial charge in [-0.1, -0.05) is 0 Å². The first-order chi connectivity index (χ1) is 9.95. The molecule has 0 fully saturated rings. The molecule has 2 aromatic rings. The summed E-state index contributed by atoms with van der Waals surface area (Å²) in [6.45, 7) is 3.97. The first-order valence-corrected chi connectivity index (χ1v) is 6.44. The molecule has 0 saturated heterocycles. The molecule has 0 bridgehead atoms. The van der Waals surface area contributed by atoms with Crippen molar-refractivity contribution in [1.82, 2.24) is 0 Å². The molecule has 0 saturated carbocycles. The van der Waals surface area contributed by atoms with Crippen molar-refractivity contribution in [2.45, 2.75) is 13.8 Å². The van der Waals surface area contributed by atoms with Crippen molar-refractivity contribution in [3.05, 3.63) is 47.4 Å². The molecule has 0 atom stereocenters. The predicted octanol–water partition coefficient (Wildman–Crippen LogP) is 2.54. The first-order valence-electron chi connectivity index (χ1n) is 6.44. The van der Waals surface area contributed by atoms with Crippen LogP contribution in [-0.4, -0.2) is 23.5 Å². The van der Waals surface area contributed by atoms with E-state index in [0.29, 0.717) is 12.2 Å². The van der Waals surface area contributed by atoms with E-state index in [9.17, 15) is 9.59 Å². The first kappa shape index (κ1) is 14.6. The van der Waals surface area contributed by atoms with Gasteiger partial charge < -0.3 is 20.2 Å². The Morgan fingerprint density at radius 1 is 1.33 bits per heavy atom. The number of benzene rings is 1. The van der Waals surface area contributed by atoms with Crippen LogP contribution < -0.4 is 10.6 Å². The van der Waals surface area contributed by atoms with Gasteiger partial charge in [0.05, 0.1) is 23.2 Å². The number of carboxylic acids is 1. The number of carboxylic acid groups (broad SMARTS) is 1. The van der Waals surface area contributed by atoms with Gasteiger partial charge in [0.25, 0.3) is 5.91 Å². The monoisotopic (exact) mass is 288 g/mol. The van der Waals surface area contributed by atoms with Crippen molar-refractivity contribution in [2.75, 3.05) is 17.2 Å². The summed E-state index contributed by atoms with van der Waals surface area (Å²) in [6.07, 6.45) is 1.45. The number of hydrogen-bond donors (Lipinski definition) is 2. The number of anilines is 2. The molecule has 3 N–H and O–H groups in total. The summed E-state index contributed by atoms with van der Waals surface area (Å²) in [4.78, 5) is 24.9. The smallest absolute Gasteiger partial charge is 0.335 e. The second-order valence-electron chi connectivity index (χ2n) is 4.56. The third kappa shape index (κ3) is 2.74. The van der Waals surface area contributed by atoms with E-state index in [2.05, 4.69) is 0 Å². The molecule has 110 valence electrons. The van der Waals surface area contributed by atoms with Crippen molar-refractivity contribution in [3.63, 3.8) is 0 Å². The number of nitrogens with two attached hydrogens (primary N) is 1. The Morgan fingerprint density at radius 2 is 2.05 bits per heavy atom. The lowest BCUT2D eigenvalue weighted by molar-refractivity contribution is 0.0697. The zero-order valence-electron chi connectivity index (χ0n) is 11.8. The van der Waals surface area contributed by atoms with Gasteiger partial charge in [0, 0.05) is 12.1 Å². The Hall–Kier alpha value is -2.76. The van der Waals surface area contributed by atoms with Crippen LogP contribution in [-0.2, 0) is 0 Å². The molecular formula is C15H16N2O4. The summed E-state index contributed by atoms with van der Waals surface area (Å²) in [5, 5.41) is 8.94. The summed E-state index contributed by atoms with van der Waals surface area (Å²) in [7, 11) is 0. The average molecular weight is 288 g/mol. The van der Waals surface area contributed by atoms with E-state index >= 15 is 0 Å². The minimum Gasteiger partial charge on any atom is -0.478 e. The second kappa shape index (κ2) is 5.70. The van der Waals surface area contributed by atoms with Gasteiger partial charge in [0.1, 0.15) is 0 Å². The van der Waals surface area contributed by atoms with Gasteiger partial charge in [0.15, 0.2) is 5.76 Å². The molecule has 0 aliphatic heterocycles. The van der Waals surface area contributed by atoms with Crippen LogP contribution in [0.3, 0.4) is 0 Å². The van der Waals surface area contributed by atoms with Gasteiger partial charge >= 0.3 is 5.97 Å². The third-order valence-electron chi connectivity index (χ3n) is 3.18. The maximum Gasteiger partial charge on any atom is 0.335 e. The minimum absolute atomic E-state index is 0.0777. The Balaban J connectivity index is 2.40. The zero-order chi connectivity index (χ0) is 15.6. The molecule has 0 aliphatic carbocycles. The highest BCUT2D eigenvalue weighted by Gasteiger charge is 2.22. The Kier molecular flexibility index (Phi) is 3.98. The van der Waals surface area contributed by atoms with E-state index in [1.54, 1.807) is 19.9 Å². The average Bonchev–Trinajstić information content (AvgIpc) is 2.87. The van der Waals surface area contributed by atoms with Crippen LogP contribution in [0.15, 0.2) is 34.9 Å². The second-order valence-corrected chi connectivity index (χ2v) is 4.56. The lowest BCUT2D eigenvalue weighted by atomic mass is 10.1. The van der Waals surface area contributed by atoms with Gasteiger partial charge in [0.2, 0.25) is 0 Å². The minimum atomic E-state index is -1.07. The zero-order valence-corrected chi connectivity index (χ0v) is 11.8. The summed E-state index contributed by atoms with van der Waals surface area (Å²) in [5.41, 5.74) is 7.38. The van der Waals surface area contributed by atoms with E-state index in [0.717, 1.165) is 5.56 Å². The third-order valence-corrected chi connectivity index (χ3v) is 3.18. The van der Waals surface area contributed by atoms with E-state index in [4.69, 9.17) is 15.3 Å². The summed E-state index contributed by atoms with van der Waals surface area (Å²) >= 11 is 0. The quantitative estimate of drug-likeness (QED) is 0.843. The highest BCUT2D eigenvalue weighted by Crippen LogP contribution is 2.26. The van der Waals surface area contributed by atoms with Crippen LogP contribution in [0.1, 0.15) is 33.4 Å². The maximum atomic E-state index is 12.5. The molecule has 0 spiro atoms. The fourth-order valence-electron chi connectivity index (χ4n) is 2.07. The molecule has 1 aromatic heterocycles. The number of carbonyl (C=O) groups is 2. The number of carbonyl (C=O) groups excluding carboxylic acids is 1.